The second kappa shape index (κ2) is 7.71. The molecular formula is C14H21NO3. The average Bonchev–Trinajstić information content (AvgIpc) is 2.38. The van der Waals surface area contributed by atoms with Gasteiger partial charge in [0.05, 0.1) is 7.11 Å². The van der Waals surface area contributed by atoms with Crippen molar-refractivity contribution in [3.63, 3.8) is 0 Å². The lowest BCUT2D eigenvalue weighted by Crippen LogP contribution is -2.19. The Kier molecular flexibility index (Phi) is 6.22. The number of benzene rings is 1. The molecule has 100 valence electrons. The fraction of sp³-hybridized carbons (Fsp3) is 0.500. The number of rotatable bonds is 8. The minimum absolute atomic E-state index is 0.249. The molecule has 0 radical (unpaired) electrons. The smallest absolute Gasteiger partial charge is 0.303 e. The number of hydrogen-bond donors (Lipinski definition) is 2. The molecule has 0 amide bonds. The van der Waals surface area contributed by atoms with Gasteiger partial charge in [0, 0.05) is 12.5 Å². The maximum absolute atomic E-state index is 10.3. The molecule has 0 saturated heterocycles. The summed E-state index contributed by atoms with van der Waals surface area (Å²) in [6.07, 6.45) is 1.85. The first-order valence-electron chi connectivity index (χ1n) is 6.22. The molecule has 0 heterocycles. The standard InChI is InChI=1S/C14H21NO3/c1-11(15-10-4-3-5-14(16)17)12-6-8-13(18-2)9-7-12/h6-9,11,15H,3-5,10H2,1-2H3,(H,16,17)/t11-/m0/s1. The van der Waals surface area contributed by atoms with Crippen LogP contribution in [-0.2, 0) is 4.79 Å². The highest BCUT2D eigenvalue weighted by atomic mass is 16.5. The zero-order valence-corrected chi connectivity index (χ0v) is 11.0. The van der Waals surface area contributed by atoms with E-state index >= 15 is 0 Å². The maximum Gasteiger partial charge on any atom is 0.303 e. The maximum atomic E-state index is 10.3. The van der Waals surface area contributed by atoms with Crippen LogP contribution in [0.3, 0.4) is 0 Å². The van der Waals surface area contributed by atoms with Crippen molar-refractivity contribution in [2.45, 2.75) is 32.2 Å². The lowest BCUT2D eigenvalue weighted by atomic mass is 10.1. The normalized spacial score (nSPS) is 12.1. The van der Waals surface area contributed by atoms with E-state index in [1.165, 1.54) is 5.56 Å². The van der Waals surface area contributed by atoms with E-state index in [0.717, 1.165) is 25.1 Å². The summed E-state index contributed by atoms with van der Waals surface area (Å²) in [6.45, 7) is 2.93. The molecule has 0 aliphatic heterocycles. The Morgan fingerprint density at radius 2 is 2.00 bits per heavy atom. The summed E-state index contributed by atoms with van der Waals surface area (Å²) in [5.41, 5.74) is 1.20. The number of methoxy groups -OCH3 is 1. The van der Waals surface area contributed by atoms with Crippen LogP contribution in [0.4, 0.5) is 0 Å². The van der Waals surface area contributed by atoms with Gasteiger partial charge in [-0.25, -0.2) is 0 Å². The zero-order chi connectivity index (χ0) is 13.4. The Bertz CT molecular complexity index is 362. The van der Waals surface area contributed by atoms with Gasteiger partial charge in [-0.2, -0.15) is 0 Å². The van der Waals surface area contributed by atoms with Gasteiger partial charge in [0.15, 0.2) is 0 Å². The van der Waals surface area contributed by atoms with Gasteiger partial charge in [-0.15, -0.1) is 0 Å². The fourth-order valence-electron chi connectivity index (χ4n) is 1.73. The van der Waals surface area contributed by atoms with E-state index < -0.39 is 5.97 Å². The highest BCUT2D eigenvalue weighted by molar-refractivity contribution is 5.66. The summed E-state index contributed by atoms with van der Waals surface area (Å²) >= 11 is 0. The quantitative estimate of drug-likeness (QED) is 0.697. The monoisotopic (exact) mass is 251 g/mol. The summed E-state index contributed by atoms with van der Waals surface area (Å²) in [4.78, 5) is 10.3. The average molecular weight is 251 g/mol. The van der Waals surface area contributed by atoms with Crippen LogP contribution >= 0.6 is 0 Å². The molecule has 0 bridgehead atoms. The van der Waals surface area contributed by atoms with E-state index in [4.69, 9.17) is 9.84 Å². The first-order chi connectivity index (χ1) is 8.63. The number of hydrogen-bond acceptors (Lipinski definition) is 3. The number of nitrogens with one attached hydrogen (secondary N) is 1. The molecule has 2 N–H and O–H groups in total. The van der Waals surface area contributed by atoms with Crippen molar-refractivity contribution in [3.8, 4) is 5.75 Å². The van der Waals surface area contributed by atoms with Crippen molar-refractivity contribution in [2.24, 2.45) is 0 Å². The minimum atomic E-state index is -0.724. The largest absolute Gasteiger partial charge is 0.497 e. The highest BCUT2D eigenvalue weighted by Gasteiger charge is 2.04. The first kappa shape index (κ1) is 14.5. The minimum Gasteiger partial charge on any atom is -0.497 e. The van der Waals surface area contributed by atoms with Gasteiger partial charge in [-0.1, -0.05) is 12.1 Å². The molecule has 1 atom stereocenters. The molecule has 1 aromatic carbocycles. The summed E-state index contributed by atoms with van der Waals surface area (Å²) < 4.78 is 5.11. The molecule has 0 unspecified atom stereocenters. The summed E-state index contributed by atoms with van der Waals surface area (Å²) in [7, 11) is 1.65. The van der Waals surface area contributed by atoms with E-state index in [-0.39, 0.29) is 12.5 Å². The molecule has 0 aromatic heterocycles. The molecule has 0 aliphatic rings. The topological polar surface area (TPSA) is 58.6 Å². The summed E-state index contributed by atoms with van der Waals surface area (Å²) in [5, 5.41) is 11.9. The van der Waals surface area contributed by atoms with Crippen LogP contribution in [0, 0.1) is 0 Å². The molecule has 1 aromatic rings. The second-order valence-corrected chi connectivity index (χ2v) is 4.30. The third-order valence-electron chi connectivity index (χ3n) is 2.88. The van der Waals surface area contributed by atoms with Crippen molar-refractivity contribution in [1.29, 1.82) is 0 Å². The molecule has 4 heteroatoms. The SMILES string of the molecule is COc1ccc([C@H](C)NCCCCC(=O)O)cc1. The van der Waals surface area contributed by atoms with Crippen LogP contribution in [0.5, 0.6) is 5.75 Å². The predicted molar refractivity (Wildman–Crippen MR) is 70.9 cm³/mol. The van der Waals surface area contributed by atoms with Crippen molar-refractivity contribution in [1.82, 2.24) is 5.32 Å². The van der Waals surface area contributed by atoms with E-state index in [1.807, 2.05) is 24.3 Å². The number of aliphatic carboxylic acids is 1. The van der Waals surface area contributed by atoms with Gasteiger partial charge in [0.2, 0.25) is 0 Å². The second-order valence-electron chi connectivity index (χ2n) is 4.30. The lowest BCUT2D eigenvalue weighted by Gasteiger charge is -2.14. The molecule has 18 heavy (non-hydrogen) atoms. The molecule has 1 rings (SSSR count). The number of carboxylic acids is 1. The highest BCUT2D eigenvalue weighted by Crippen LogP contribution is 2.17. The molecular weight excluding hydrogens is 230 g/mol. The van der Waals surface area contributed by atoms with Crippen LogP contribution in [0.1, 0.15) is 37.8 Å². The van der Waals surface area contributed by atoms with Crippen molar-refractivity contribution >= 4 is 5.97 Å². The van der Waals surface area contributed by atoms with Crippen LogP contribution in [0.25, 0.3) is 0 Å². The fourth-order valence-corrected chi connectivity index (χ4v) is 1.73. The number of carbonyl (C=O) groups is 1. The number of carboxylic acid groups (broad SMARTS) is 1. The Labute approximate surface area is 108 Å². The Morgan fingerprint density at radius 3 is 2.56 bits per heavy atom. The first-order valence-corrected chi connectivity index (χ1v) is 6.22. The van der Waals surface area contributed by atoms with E-state index in [0.29, 0.717) is 0 Å². The Hall–Kier alpha value is -1.55. The van der Waals surface area contributed by atoms with Crippen LogP contribution < -0.4 is 10.1 Å². The van der Waals surface area contributed by atoms with Crippen molar-refractivity contribution in [3.05, 3.63) is 29.8 Å². The van der Waals surface area contributed by atoms with E-state index in [2.05, 4.69) is 12.2 Å². The third-order valence-corrected chi connectivity index (χ3v) is 2.88. The van der Waals surface area contributed by atoms with Crippen LogP contribution in [0.15, 0.2) is 24.3 Å². The molecule has 0 aliphatic carbocycles. The van der Waals surface area contributed by atoms with Gasteiger partial charge < -0.3 is 15.2 Å². The predicted octanol–water partition coefficient (Wildman–Crippen LogP) is 2.60. The number of ether oxygens (including phenoxy) is 1. The number of unbranched alkanes of at least 4 members (excludes halogenated alkanes) is 1. The van der Waals surface area contributed by atoms with Gasteiger partial charge in [-0.05, 0) is 44.0 Å². The molecule has 0 saturated carbocycles. The van der Waals surface area contributed by atoms with Crippen LogP contribution in [-0.4, -0.2) is 24.7 Å². The summed E-state index contributed by atoms with van der Waals surface area (Å²) in [6, 6.07) is 8.22. The van der Waals surface area contributed by atoms with Crippen molar-refractivity contribution in [2.75, 3.05) is 13.7 Å². The Balaban J connectivity index is 2.27. The zero-order valence-electron chi connectivity index (χ0n) is 11.0. The van der Waals surface area contributed by atoms with Gasteiger partial charge in [0.25, 0.3) is 0 Å². The van der Waals surface area contributed by atoms with Gasteiger partial charge in [-0.3, -0.25) is 4.79 Å². The van der Waals surface area contributed by atoms with E-state index in [9.17, 15) is 4.79 Å². The van der Waals surface area contributed by atoms with E-state index in [1.54, 1.807) is 7.11 Å². The molecule has 4 nitrogen and oxygen atoms in total. The third kappa shape index (κ3) is 5.19. The van der Waals surface area contributed by atoms with Crippen LogP contribution in [0.2, 0.25) is 0 Å². The van der Waals surface area contributed by atoms with Gasteiger partial charge in [0.1, 0.15) is 5.75 Å². The molecule has 0 spiro atoms. The summed E-state index contributed by atoms with van der Waals surface area (Å²) in [5.74, 6) is 0.130. The molecule has 0 fully saturated rings. The van der Waals surface area contributed by atoms with Crippen molar-refractivity contribution < 1.29 is 14.6 Å². The Morgan fingerprint density at radius 1 is 1.33 bits per heavy atom. The van der Waals surface area contributed by atoms with Gasteiger partial charge >= 0.3 is 5.97 Å². The lowest BCUT2D eigenvalue weighted by molar-refractivity contribution is -0.137.